The molecule has 0 spiro atoms. The van der Waals surface area contributed by atoms with E-state index in [2.05, 4.69) is 12.6 Å². The molecule has 0 atom stereocenters. The van der Waals surface area contributed by atoms with Crippen molar-refractivity contribution in [2.24, 2.45) is 0 Å². The lowest BCUT2D eigenvalue weighted by Crippen LogP contribution is -1.79. The zero-order chi connectivity index (χ0) is 6.85. The molecule has 1 aromatic carbocycles. The van der Waals surface area contributed by atoms with E-state index in [0.717, 1.165) is 0 Å². The van der Waals surface area contributed by atoms with Crippen LogP contribution in [0.25, 0.3) is 0 Å². The smallest absolute Gasteiger partial charge is 0.127 e. The Kier molecular flexibility index (Phi) is 1.76. The quantitative estimate of drug-likeness (QED) is 0.528. The van der Waals surface area contributed by atoms with E-state index in [-0.39, 0.29) is 5.82 Å². The lowest BCUT2D eigenvalue weighted by atomic mass is 10.2. The Morgan fingerprint density at radius 1 is 1.44 bits per heavy atom. The Morgan fingerprint density at radius 3 is 2.56 bits per heavy atom. The predicted octanol–water partition coefficient (Wildman–Crippen LogP) is 2.42. The van der Waals surface area contributed by atoms with Crippen LogP contribution in [0.3, 0.4) is 0 Å². The van der Waals surface area contributed by atoms with Crippen LogP contribution in [0.2, 0.25) is 0 Å². The van der Waals surface area contributed by atoms with Crippen LogP contribution in [0.4, 0.5) is 4.39 Å². The highest BCUT2D eigenvalue weighted by Gasteiger charge is 1.93. The molecule has 2 heteroatoms. The highest BCUT2D eigenvalue weighted by molar-refractivity contribution is 7.80. The van der Waals surface area contributed by atoms with Crippen molar-refractivity contribution in [3.63, 3.8) is 0 Å². The second kappa shape index (κ2) is 2.40. The van der Waals surface area contributed by atoms with Gasteiger partial charge in [-0.05, 0) is 24.6 Å². The van der Waals surface area contributed by atoms with E-state index in [1.54, 1.807) is 19.1 Å². The van der Waals surface area contributed by atoms with Gasteiger partial charge in [-0.3, -0.25) is 0 Å². The van der Waals surface area contributed by atoms with Gasteiger partial charge in [-0.2, -0.15) is 0 Å². The monoisotopic (exact) mass is 142 g/mol. The van der Waals surface area contributed by atoms with E-state index in [4.69, 9.17) is 0 Å². The van der Waals surface area contributed by atoms with Gasteiger partial charge in [-0.15, -0.1) is 12.6 Å². The summed E-state index contributed by atoms with van der Waals surface area (Å²) in [6.45, 7) is 1.72. The fraction of sp³-hybridized carbons (Fsp3) is 0.143. The summed E-state index contributed by atoms with van der Waals surface area (Å²) in [4.78, 5) is 0.665. The first-order valence-corrected chi connectivity index (χ1v) is 3.10. The Labute approximate surface area is 59.1 Å². The summed E-state index contributed by atoms with van der Waals surface area (Å²) in [5.41, 5.74) is 0.660. The van der Waals surface area contributed by atoms with Gasteiger partial charge in [0.2, 0.25) is 0 Å². The third-order valence-corrected chi connectivity index (χ3v) is 1.43. The SMILES string of the molecule is Cc1ccc(S)cc1F. The van der Waals surface area contributed by atoms with E-state index in [0.29, 0.717) is 10.5 Å². The van der Waals surface area contributed by atoms with Crippen LogP contribution >= 0.6 is 12.6 Å². The number of aryl methyl sites for hydroxylation is 1. The largest absolute Gasteiger partial charge is 0.207 e. The summed E-state index contributed by atoms with van der Waals surface area (Å²) in [7, 11) is 0. The first-order chi connectivity index (χ1) is 4.20. The molecule has 0 saturated carbocycles. The average Bonchev–Trinajstić information content (AvgIpc) is 1.80. The average molecular weight is 142 g/mol. The molecule has 0 aromatic heterocycles. The van der Waals surface area contributed by atoms with Crippen molar-refractivity contribution in [3.05, 3.63) is 29.6 Å². The van der Waals surface area contributed by atoms with Crippen LogP contribution in [0, 0.1) is 12.7 Å². The van der Waals surface area contributed by atoms with Gasteiger partial charge in [0, 0.05) is 4.90 Å². The standard InChI is InChI=1S/C7H7FS/c1-5-2-3-6(9)4-7(5)8/h2-4,9H,1H3. The van der Waals surface area contributed by atoms with Crippen LogP contribution in [-0.2, 0) is 0 Å². The Bertz CT molecular complexity index is 220. The molecule has 0 fully saturated rings. The molecule has 1 aromatic rings. The van der Waals surface area contributed by atoms with E-state index < -0.39 is 0 Å². The molecule has 0 amide bonds. The molecule has 0 bridgehead atoms. The minimum absolute atomic E-state index is 0.192. The fourth-order valence-corrected chi connectivity index (χ4v) is 0.770. The molecule has 0 aliphatic carbocycles. The van der Waals surface area contributed by atoms with Crippen molar-refractivity contribution in [1.29, 1.82) is 0 Å². The Morgan fingerprint density at radius 2 is 2.11 bits per heavy atom. The van der Waals surface area contributed by atoms with E-state index in [1.165, 1.54) is 6.07 Å². The van der Waals surface area contributed by atoms with Crippen LogP contribution in [0.15, 0.2) is 23.1 Å². The van der Waals surface area contributed by atoms with Crippen molar-refractivity contribution >= 4 is 12.6 Å². The van der Waals surface area contributed by atoms with E-state index >= 15 is 0 Å². The minimum atomic E-state index is -0.192. The second-order valence-electron chi connectivity index (χ2n) is 1.93. The maximum absolute atomic E-state index is 12.5. The highest BCUT2D eigenvalue weighted by atomic mass is 32.1. The molecule has 0 heterocycles. The number of rotatable bonds is 0. The van der Waals surface area contributed by atoms with Crippen LogP contribution < -0.4 is 0 Å². The molecule has 0 aliphatic rings. The second-order valence-corrected chi connectivity index (χ2v) is 2.45. The molecular formula is C7H7FS. The predicted molar refractivity (Wildman–Crippen MR) is 38.4 cm³/mol. The molecule has 9 heavy (non-hydrogen) atoms. The van der Waals surface area contributed by atoms with Gasteiger partial charge in [0.1, 0.15) is 5.82 Å². The molecule has 1 rings (SSSR count). The first-order valence-electron chi connectivity index (χ1n) is 2.65. The van der Waals surface area contributed by atoms with Crippen molar-refractivity contribution in [1.82, 2.24) is 0 Å². The summed E-state index contributed by atoms with van der Waals surface area (Å²) in [6, 6.07) is 4.87. The highest BCUT2D eigenvalue weighted by Crippen LogP contribution is 2.11. The molecule has 0 saturated heterocycles. The molecular weight excluding hydrogens is 135 g/mol. The van der Waals surface area contributed by atoms with Gasteiger partial charge in [0.05, 0.1) is 0 Å². The van der Waals surface area contributed by atoms with Crippen molar-refractivity contribution in [3.8, 4) is 0 Å². The van der Waals surface area contributed by atoms with E-state index in [1.807, 2.05) is 0 Å². The number of thiol groups is 1. The van der Waals surface area contributed by atoms with Crippen molar-refractivity contribution < 1.29 is 4.39 Å². The number of hydrogen-bond acceptors (Lipinski definition) is 1. The Balaban J connectivity index is 3.17. The van der Waals surface area contributed by atoms with E-state index in [9.17, 15) is 4.39 Å². The fourth-order valence-electron chi connectivity index (χ4n) is 0.582. The molecule has 0 radical (unpaired) electrons. The first kappa shape index (κ1) is 6.62. The van der Waals surface area contributed by atoms with Gasteiger partial charge >= 0.3 is 0 Å². The van der Waals surface area contributed by atoms with Crippen molar-refractivity contribution in [2.45, 2.75) is 11.8 Å². The van der Waals surface area contributed by atoms with Gasteiger partial charge in [-0.1, -0.05) is 6.07 Å². The number of halogens is 1. The zero-order valence-electron chi connectivity index (χ0n) is 5.06. The third-order valence-electron chi connectivity index (χ3n) is 1.16. The van der Waals surface area contributed by atoms with Gasteiger partial charge in [-0.25, -0.2) is 4.39 Å². The summed E-state index contributed by atoms with van der Waals surface area (Å²) < 4.78 is 12.5. The normalized spacial score (nSPS) is 9.67. The van der Waals surface area contributed by atoms with Crippen molar-refractivity contribution in [2.75, 3.05) is 0 Å². The summed E-state index contributed by atoms with van der Waals surface area (Å²) >= 11 is 3.96. The van der Waals surface area contributed by atoms with Crippen LogP contribution in [-0.4, -0.2) is 0 Å². The number of hydrogen-bond donors (Lipinski definition) is 1. The number of benzene rings is 1. The maximum atomic E-state index is 12.5. The van der Waals surface area contributed by atoms with Gasteiger partial charge in [0.15, 0.2) is 0 Å². The molecule has 0 nitrogen and oxygen atoms in total. The minimum Gasteiger partial charge on any atom is -0.207 e. The maximum Gasteiger partial charge on any atom is 0.127 e. The molecule has 0 aliphatic heterocycles. The summed E-state index contributed by atoms with van der Waals surface area (Å²) in [5, 5.41) is 0. The third kappa shape index (κ3) is 1.45. The van der Waals surface area contributed by atoms with Gasteiger partial charge in [0.25, 0.3) is 0 Å². The summed E-state index contributed by atoms with van der Waals surface area (Å²) in [5.74, 6) is -0.192. The Hall–Kier alpha value is -0.500. The molecule has 0 unspecified atom stereocenters. The topological polar surface area (TPSA) is 0 Å². The molecule has 48 valence electrons. The van der Waals surface area contributed by atoms with Gasteiger partial charge < -0.3 is 0 Å². The molecule has 0 N–H and O–H groups in total. The lowest BCUT2D eigenvalue weighted by molar-refractivity contribution is 0.615. The lowest BCUT2D eigenvalue weighted by Gasteiger charge is -1.94. The van der Waals surface area contributed by atoms with Crippen LogP contribution in [0.1, 0.15) is 5.56 Å². The summed E-state index contributed by atoms with van der Waals surface area (Å²) in [6.07, 6.45) is 0. The zero-order valence-corrected chi connectivity index (χ0v) is 5.95. The van der Waals surface area contributed by atoms with Crippen LogP contribution in [0.5, 0.6) is 0 Å².